The van der Waals surface area contributed by atoms with Crippen LogP contribution in [0.1, 0.15) is 17.5 Å². The predicted octanol–water partition coefficient (Wildman–Crippen LogP) is 5.14. The zero-order valence-electron chi connectivity index (χ0n) is 15.7. The zero-order valence-corrected chi connectivity index (χ0v) is 17.2. The molecule has 1 N–H and O–H groups in total. The van der Waals surface area contributed by atoms with Gasteiger partial charge in [-0.25, -0.2) is 13.1 Å². The standard InChI is InChI=1S/C24H20ClNO2S/c25-23-15-17-24(18-16-23)29(27,28)26-19-7-12-22(21-10-5-2-6-11-21)14-13-20-8-3-1-4-9-20/h1-6,8-12,15-18,26H,7,19H2/b22-12+. The normalized spacial score (nSPS) is 11.6. The molecule has 0 aliphatic carbocycles. The maximum absolute atomic E-state index is 12.4. The molecule has 29 heavy (non-hydrogen) atoms. The highest BCUT2D eigenvalue weighted by Crippen LogP contribution is 2.16. The summed E-state index contributed by atoms with van der Waals surface area (Å²) in [4.78, 5) is 0.193. The van der Waals surface area contributed by atoms with Gasteiger partial charge >= 0.3 is 0 Å². The fourth-order valence-corrected chi connectivity index (χ4v) is 3.80. The Kier molecular flexibility index (Phi) is 7.26. The van der Waals surface area contributed by atoms with Crippen molar-refractivity contribution in [3.63, 3.8) is 0 Å². The minimum absolute atomic E-state index is 0.193. The Balaban J connectivity index is 1.72. The van der Waals surface area contributed by atoms with Crippen LogP contribution >= 0.6 is 11.6 Å². The van der Waals surface area contributed by atoms with Gasteiger partial charge in [0.15, 0.2) is 0 Å². The van der Waals surface area contributed by atoms with Crippen LogP contribution in [0.2, 0.25) is 5.02 Å². The van der Waals surface area contributed by atoms with Crippen LogP contribution in [0.5, 0.6) is 0 Å². The molecule has 0 bridgehead atoms. The summed E-state index contributed by atoms with van der Waals surface area (Å²) in [6, 6.07) is 25.7. The Morgan fingerprint density at radius 2 is 1.52 bits per heavy atom. The Morgan fingerprint density at radius 1 is 0.897 bits per heavy atom. The molecule has 3 aromatic rings. The third-order valence-corrected chi connectivity index (χ3v) is 5.84. The number of halogens is 1. The van der Waals surface area contributed by atoms with Gasteiger partial charge in [-0.3, -0.25) is 0 Å². The van der Waals surface area contributed by atoms with Gasteiger partial charge in [-0.2, -0.15) is 0 Å². The van der Waals surface area contributed by atoms with Crippen molar-refractivity contribution in [1.29, 1.82) is 0 Å². The zero-order chi connectivity index (χ0) is 20.5. The summed E-state index contributed by atoms with van der Waals surface area (Å²) < 4.78 is 27.3. The number of hydrogen-bond donors (Lipinski definition) is 1. The van der Waals surface area contributed by atoms with Crippen molar-refractivity contribution < 1.29 is 8.42 Å². The SMILES string of the molecule is O=S(=O)(NCC/C=C(\C#Cc1ccccc1)c1ccccc1)c1ccc(Cl)cc1. The molecule has 0 atom stereocenters. The third-order valence-electron chi connectivity index (χ3n) is 4.11. The number of rotatable bonds is 6. The monoisotopic (exact) mass is 421 g/mol. The van der Waals surface area contributed by atoms with Gasteiger partial charge in [0.2, 0.25) is 10.0 Å². The molecule has 0 heterocycles. The van der Waals surface area contributed by atoms with E-state index in [4.69, 9.17) is 11.6 Å². The second-order valence-corrected chi connectivity index (χ2v) is 8.44. The molecule has 0 radical (unpaired) electrons. The van der Waals surface area contributed by atoms with Gasteiger partial charge in [0, 0.05) is 22.7 Å². The van der Waals surface area contributed by atoms with Gasteiger partial charge < -0.3 is 0 Å². The van der Waals surface area contributed by atoms with E-state index < -0.39 is 10.0 Å². The smallest absolute Gasteiger partial charge is 0.211 e. The van der Waals surface area contributed by atoms with Crippen molar-refractivity contribution in [2.45, 2.75) is 11.3 Å². The van der Waals surface area contributed by atoms with E-state index in [1.165, 1.54) is 12.1 Å². The lowest BCUT2D eigenvalue weighted by molar-refractivity contribution is 0.582. The lowest BCUT2D eigenvalue weighted by Crippen LogP contribution is -2.24. The molecule has 146 valence electrons. The van der Waals surface area contributed by atoms with E-state index >= 15 is 0 Å². The lowest BCUT2D eigenvalue weighted by atomic mass is 10.0. The lowest BCUT2D eigenvalue weighted by Gasteiger charge is -2.06. The summed E-state index contributed by atoms with van der Waals surface area (Å²) in [5, 5.41) is 0.497. The highest BCUT2D eigenvalue weighted by molar-refractivity contribution is 7.89. The molecule has 0 amide bonds. The largest absolute Gasteiger partial charge is 0.240 e. The second-order valence-electron chi connectivity index (χ2n) is 6.24. The molecular formula is C24H20ClNO2S. The van der Waals surface area contributed by atoms with Gasteiger partial charge in [0.1, 0.15) is 0 Å². The predicted molar refractivity (Wildman–Crippen MR) is 119 cm³/mol. The van der Waals surface area contributed by atoms with Crippen LogP contribution in [0.3, 0.4) is 0 Å². The van der Waals surface area contributed by atoms with Crippen molar-refractivity contribution in [1.82, 2.24) is 4.72 Å². The molecule has 0 aliphatic heterocycles. The average molecular weight is 422 g/mol. The molecule has 3 aromatic carbocycles. The number of benzene rings is 3. The van der Waals surface area contributed by atoms with E-state index in [2.05, 4.69) is 16.6 Å². The maximum Gasteiger partial charge on any atom is 0.240 e. The minimum Gasteiger partial charge on any atom is -0.211 e. The van der Waals surface area contributed by atoms with Gasteiger partial charge in [-0.15, -0.1) is 0 Å². The van der Waals surface area contributed by atoms with Crippen molar-refractivity contribution >= 4 is 27.2 Å². The summed E-state index contributed by atoms with van der Waals surface area (Å²) in [6.45, 7) is 0.272. The van der Waals surface area contributed by atoms with Crippen LogP contribution in [0.15, 0.2) is 95.9 Å². The molecule has 0 fully saturated rings. The van der Waals surface area contributed by atoms with E-state index in [1.807, 2.05) is 66.7 Å². The van der Waals surface area contributed by atoms with Crippen LogP contribution in [-0.2, 0) is 10.0 Å². The molecule has 0 aliphatic rings. The van der Waals surface area contributed by atoms with E-state index in [0.29, 0.717) is 11.4 Å². The van der Waals surface area contributed by atoms with Crippen LogP contribution in [0.4, 0.5) is 0 Å². The summed E-state index contributed by atoms with van der Waals surface area (Å²) >= 11 is 5.82. The molecule has 3 rings (SSSR count). The van der Waals surface area contributed by atoms with Crippen LogP contribution in [0.25, 0.3) is 5.57 Å². The molecule has 0 saturated carbocycles. The van der Waals surface area contributed by atoms with Crippen LogP contribution in [-0.4, -0.2) is 15.0 Å². The van der Waals surface area contributed by atoms with Gasteiger partial charge in [0.05, 0.1) is 4.90 Å². The first kappa shape index (κ1) is 20.9. The van der Waals surface area contributed by atoms with Crippen molar-refractivity contribution in [2.75, 3.05) is 6.54 Å². The first-order valence-electron chi connectivity index (χ1n) is 9.12. The average Bonchev–Trinajstić information content (AvgIpc) is 2.75. The minimum atomic E-state index is -3.57. The Hall–Kier alpha value is -2.84. The fourth-order valence-electron chi connectivity index (χ4n) is 2.63. The van der Waals surface area contributed by atoms with Crippen molar-refractivity contribution in [3.8, 4) is 11.8 Å². The number of sulfonamides is 1. The first-order chi connectivity index (χ1) is 14.0. The number of allylic oxidation sites excluding steroid dienone is 1. The van der Waals surface area contributed by atoms with Crippen molar-refractivity contribution in [2.24, 2.45) is 0 Å². The molecule has 3 nitrogen and oxygen atoms in total. The van der Waals surface area contributed by atoms with Crippen LogP contribution in [0, 0.1) is 11.8 Å². The Morgan fingerprint density at radius 3 is 2.17 bits per heavy atom. The van der Waals surface area contributed by atoms with E-state index in [1.54, 1.807) is 12.1 Å². The Labute approximate surface area is 177 Å². The fraction of sp³-hybridized carbons (Fsp3) is 0.0833. The van der Waals surface area contributed by atoms with Crippen molar-refractivity contribution in [3.05, 3.63) is 107 Å². The highest BCUT2D eigenvalue weighted by atomic mass is 35.5. The summed E-state index contributed by atoms with van der Waals surface area (Å²) in [7, 11) is -3.57. The Bertz CT molecular complexity index is 1130. The third kappa shape index (κ3) is 6.33. The van der Waals surface area contributed by atoms with Gasteiger partial charge in [0.25, 0.3) is 0 Å². The molecule has 0 spiro atoms. The van der Waals surface area contributed by atoms with E-state index in [-0.39, 0.29) is 11.4 Å². The summed E-state index contributed by atoms with van der Waals surface area (Å²) in [5.41, 5.74) is 2.79. The number of nitrogens with one attached hydrogen (secondary N) is 1. The topological polar surface area (TPSA) is 46.2 Å². The van der Waals surface area contributed by atoms with Crippen LogP contribution < -0.4 is 4.72 Å². The molecule has 0 unspecified atom stereocenters. The maximum atomic E-state index is 12.4. The van der Waals surface area contributed by atoms with E-state index in [0.717, 1.165) is 16.7 Å². The summed E-state index contributed by atoms with van der Waals surface area (Å²) in [6.07, 6.45) is 2.47. The van der Waals surface area contributed by atoms with E-state index in [9.17, 15) is 8.42 Å². The van der Waals surface area contributed by atoms with Gasteiger partial charge in [-0.1, -0.05) is 78.0 Å². The second kappa shape index (κ2) is 10.1. The highest BCUT2D eigenvalue weighted by Gasteiger charge is 2.12. The van der Waals surface area contributed by atoms with Gasteiger partial charge in [-0.05, 0) is 48.4 Å². The number of hydrogen-bond acceptors (Lipinski definition) is 2. The summed E-state index contributed by atoms with van der Waals surface area (Å²) in [5.74, 6) is 6.37. The molecule has 0 saturated heterocycles. The molecular weight excluding hydrogens is 402 g/mol. The molecule has 5 heteroatoms. The quantitative estimate of drug-likeness (QED) is 0.442. The molecule has 0 aromatic heterocycles. The first-order valence-corrected chi connectivity index (χ1v) is 11.0.